The highest BCUT2D eigenvalue weighted by atomic mass is 32.2. The van der Waals surface area contributed by atoms with E-state index in [-0.39, 0.29) is 12.1 Å². The van der Waals surface area contributed by atoms with Gasteiger partial charge in [-0.3, -0.25) is 4.68 Å². The third kappa shape index (κ3) is 2.32. The van der Waals surface area contributed by atoms with Gasteiger partial charge in [0, 0.05) is 18.6 Å². The zero-order valence-corrected chi connectivity index (χ0v) is 9.83. The third-order valence-electron chi connectivity index (χ3n) is 2.59. The first-order valence-electron chi connectivity index (χ1n) is 5.04. The van der Waals surface area contributed by atoms with Crippen molar-refractivity contribution in [1.82, 2.24) is 20.3 Å². The van der Waals surface area contributed by atoms with E-state index in [1.807, 2.05) is 25.9 Å². The predicted molar refractivity (Wildman–Crippen MR) is 59.9 cm³/mol. The van der Waals surface area contributed by atoms with E-state index >= 15 is 0 Å². The fourth-order valence-corrected chi connectivity index (χ4v) is 2.70. The second-order valence-electron chi connectivity index (χ2n) is 3.53. The molecule has 15 heavy (non-hydrogen) atoms. The van der Waals surface area contributed by atoms with Gasteiger partial charge < -0.3 is 10.1 Å². The summed E-state index contributed by atoms with van der Waals surface area (Å²) in [7, 11) is 3.85. The van der Waals surface area contributed by atoms with Gasteiger partial charge >= 0.3 is 0 Å². The molecule has 1 aromatic heterocycles. The van der Waals surface area contributed by atoms with Crippen LogP contribution in [-0.4, -0.2) is 46.3 Å². The Balaban J connectivity index is 2.12. The van der Waals surface area contributed by atoms with E-state index in [2.05, 4.69) is 15.6 Å². The van der Waals surface area contributed by atoms with Gasteiger partial charge in [-0.2, -0.15) is 11.8 Å². The van der Waals surface area contributed by atoms with Crippen molar-refractivity contribution in [2.75, 3.05) is 25.2 Å². The van der Waals surface area contributed by atoms with E-state index in [1.165, 1.54) is 0 Å². The number of hydrogen-bond donors (Lipinski definition) is 1. The number of ether oxygens (including phenoxy) is 1. The summed E-state index contributed by atoms with van der Waals surface area (Å²) in [5.74, 6) is 2.12. The maximum Gasteiger partial charge on any atom is 0.0876 e. The molecule has 6 heteroatoms. The van der Waals surface area contributed by atoms with Gasteiger partial charge in [-0.05, 0) is 7.05 Å². The van der Waals surface area contributed by atoms with Crippen molar-refractivity contribution in [2.24, 2.45) is 7.05 Å². The molecule has 0 saturated carbocycles. The molecule has 0 aliphatic carbocycles. The molecule has 2 unspecified atom stereocenters. The lowest BCUT2D eigenvalue weighted by atomic mass is 10.1. The summed E-state index contributed by atoms with van der Waals surface area (Å²) in [4.78, 5) is 0. The van der Waals surface area contributed by atoms with Gasteiger partial charge in [0.25, 0.3) is 0 Å². The van der Waals surface area contributed by atoms with E-state index in [0.717, 1.165) is 23.8 Å². The van der Waals surface area contributed by atoms with Gasteiger partial charge in [0.2, 0.25) is 0 Å². The Bertz CT molecular complexity index is 311. The maximum atomic E-state index is 5.76. The fraction of sp³-hybridized carbons (Fsp3) is 0.778. The number of likely N-dealkylation sites (N-methyl/N-ethyl adjacent to an activating group) is 1. The van der Waals surface area contributed by atoms with Gasteiger partial charge in [-0.1, -0.05) is 5.21 Å². The number of nitrogens with one attached hydrogen (secondary N) is 1. The first-order valence-corrected chi connectivity index (χ1v) is 6.19. The molecule has 1 aromatic rings. The van der Waals surface area contributed by atoms with Crippen molar-refractivity contribution in [2.45, 2.75) is 12.1 Å². The van der Waals surface area contributed by atoms with Crippen LogP contribution in [0.1, 0.15) is 11.7 Å². The normalized spacial score (nSPS) is 24.0. The van der Waals surface area contributed by atoms with E-state index in [0.29, 0.717) is 0 Å². The smallest absolute Gasteiger partial charge is 0.0876 e. The number of aryl methyl sites for hydroxylation is 1. The Morgan fingerprint density at radius 3 is 3.13 bits per heavy atom. The highest BCUT2D eigenvalue weighted by Crippen LogP contribution is 2.24. The van der Waals surface area contributed by atoms with Gasteiger partial charge in [-0.15, -0.1) is 5.10 Å². The van der Waals surface area contributed by atoms with Crippen LogP contribution in [0.3, 0.4) is 0 Å². The molecule has 2 atom stereocenters. The number of aromatic nitrogens is 3. The predicted octanol–water partition coefficient (Wildman–Crippen LogP) is 0.208. The Morgan fingerprint density at radius 1 is 1.73 bits per heavy atom. The van der Waals surface area contributed by atoms with Crippen molar-refractivity contribution >= 4 is 11.8 Å². The monoisotopic (exact) mass is 228 g/mol. The van der Waals surface area contributed by atoms with E-state index in [1.54, 1.807) is 10.9 Å². The van der Waals surface area contributed by atoms with Crippen LogP contribution in [-0.2, 0) is 11.8 Å². The molecule has 2 rings (SSSR count). The summed E-state index contributed by atoms with van der Waals surface area (Å²) < 4.78 is 7.55. The van der Waals surface area contributed by atoms with E-state index < -0.39 is 0 Å². The van der Waals surface area contributed by atoms with Crippen LogP contribution in [0.4, 0.5) is 0 Å². The molecular weight excluding hydrogens is 212 g/mol. The number of thioether (sulfide) groups is 1. The third-order valence-corrected chi connectivity index (χ3v) is 3.61. The first kappa shape index (κ1) is 10.9. The topological polar surface area (TPSA) is 52.0 Å². The molecule has 1 saturated heterocycles. The van der Waals surface area contributed by atoms with Gasteiger partial charge in [0.1, 0.15) is 0 Å². The summed E-state index contributed by atoms with van der Waals surface area (Å²) >= 11 is 1.93. The minimum Gasteiger partial charge on any atom is -0.374 e. The molecule has 1 N–H and O–H groups in total. The number of hydrogen-bond acceptors (Lipinski definition) is 5. The minimum atomic E-state index is 0.179. The molecule has 0 bridgehead atoms. The van der Waals surface area contributed by atoms with Crippen molar-refractivity contribution in [3.05, 3.63) is 11.9 Å². The lowest BCUT2D eigenvalue weighted by Crippen LogP contribution is -2.37. The molecule has 84 valence electrons. The minimum absolute atomic E-state index is 0.179. The average molecular weight is 228 g/mol. The molecular formula is C9H16N4OS. The van der Waals surface area contributed by atoms with Crippen LogP contribution < -0.4 is 5.32 Å². The summed E-state index contributed by atoms with van der Waals surface area (Å²) in [5.41, 5.74) is 1.07. The molecule has 1 fully saturated rings. The Labute approximate surface area is 93.6 Å². The van der Waals surface area contributed by atoms with Gasteiger partial charge in [-0.25, -0.2) is 0 Å². The molecule has 1 aliphatic rings. The first-order chi connectivity index (χ1) is 7.33. The van der Waals surface area contributed by atoms with Crippen LogP contribution in [0, 0.1) is 0 Å². The second-order valence-corrected chi connectivity index (χ2v) is 4.68. The van der Waals surface area contributed by atoms with E-state index in [9.17, 15) is 0 Å². The zero-order valence-electron chi connectivity index (χ0n) is 9.01. The van der Waals surface area contributed by atoms with Gasteiger partial charge in [0.05, 0.1) is 30.6 Å². The second kappa shape index (κ2) is 4.96. The highest BCUT2D eigenvalue weighted by molar-refractivity contribution is 7.99. The highest BCUT2D eigenvalue weighted by Gasteiger charge is 2.27. The van der Waals surface area contributed by atoms with Crippen molar-refractivity contribution in [1.29, 1.82) is 0 Å². The van der Waals surface area contributed by atoms with Crippen molar-refractivity contribution in [3.8, 4) is 0 Å². The Kier molecular flexibility index (Phi) is 3.61. The number of rotatable bonds is 3. The lowest BCUT2D eigenvalue weighted by molar-refractivity contribution is 0.0468. The lowest BCUT2D eigenvalue weighted by Gasteiger charge is -2.29. The largest absolute Gasteiger partial charge is 0.374 e. The number of nitrogens with zero attached hydrogens (tertiary/aromatic N) is 3. The van der Waals surface area contributed by atoms with E-state index in [4.69, 9.17) is 4.74 Å². The zero-order chi connectivity index (χ0) is 10.7. The summed E-state index contributed by atoms with van der Waals surface area (Å²) in [5, 5.41) is 11.1. The Hall–Kier alpha value is -0.590. The molecule has 5 nitrogen and oxygen atoms in total. The van der Waals surface area contributed by atoms with Crippen LogP contribution in [0.5, 0.6) is 0 Å². The Morgan fingerprint density at radius 2 is 2.60 bits per heavy atom. The van der Waals surface area contributed by atoms with Crippen molar-refractivity contribution in [3.63, 3.8) is 0 Å². The van der Waals surface area contributed by atoms with Gasteiger partial charge in [0.15, 0.2) is 0 Å². The summed E-state index contributed by atoms with van der Waals surface area (Å²) in [6, 6.07) is 0.179. The van der Waals surface area contributed by atoms with Crippen LogP contribution >= 0.6 is 11.8 Å². The quantitative estimate of drug-likeness (QED) is 0.801. The van der Waals surface area contributed by atoms with Crippen LogP contribution in [0.25, 0.3) is 0 Å². The SMILES string of the molecule is CNC(c1cnnn1C)C1CSCCO1. The molecule has 0 aromatic carbocycles. The summed E-state index contributed by atoms with van der Waals surface area (Å²) in [6.07, 6.45) is 2.01. The maximum absolute atomic E-state index is 5.76. The molecule has 0 radical (unpaired) electrons. The average Bonchev–Trinajstić information content (AvgIpc) is 2.68. The van der Waals surface area contributed by atoms with Crippen LogP contribution in [0.2, 0.25) is 0 Å². The standard InChI is InChI=1S/C9H16N4OS/c1-10-9(7-5-11-12-13(7)2)8-6-15-4-3-14-8/h5,8-10H,3-4,6H2,1-2H3. The molecule has 0 spiro atoms. The van der Waals surface area contributed by atoms with Crippen molar-refractivity contribution < 1.29 is 4.74 Å². The molecule has 2 heterocycles. The van der Waals surface area contributed by atoms with Crippen LogP contribution in [0.15, 0.2) is 6.20 Å². The molecule has 1 aliphatic heterocycles. The molecule has 0 amide bonds. The fourth-order valence-electron chi connectivity index (χ4n) is 1.80. The summed E-state index contributed by atoms with van der Waals surface area (Å²) in [6.45, 7) is 0.832.